The molecule has 25 heavy (non-hydrogen) atoms. The number of carbonyl (C=O) groups is 3. The van der Waals surface area contributed by atoms with Crippen LogP contribution in [0.15, 0.2) is 0 Å². The fourth-order valence-corrected chi connectivity index (χ4v) is 3.18. The predicted molar refractivity (Wildman–Crippen MR) is 91.9 cm³/mol. The SMILES string of the molecule is CC(OC(=O)C1CCCN(C(=O)OC(C)(C)C)C1)C(=O)N1CCCC1. The maximum Gasteiger partial charge on any atom is 0.410 e. The fourth-order valence-electron chi connectivity index (χ4n) is 3.18. The number of carbonyl (C=O) groups excluding carboxylic acids is 3. The van der Waals surface area contributed by atoms with Gasteiger partial charge in [-0.25, -0.2) is 4.79 Å². The molecule has 0 bridgehead atoms. The molecule has 0 radical (unpaired) electrons. The summed E-state index contributed by atoms with van der Waals surface area (Å²) in [6.45, 7) is 9.37. The van der Waals surface area contributed by atoms with Gasteiger partial charge in [0.2, 0.25) is 0 Å². The van der Waals surface area contributed by atoms with Gasteiger partial charge < -0.3 is 19.3 Å². The zero-order valence-electron chi connectivity index (χ0n) is 15.7. The summed E-state index contributed by atoms with van der Waals surface area (Å²) in [4.78, 5) is 40.1. The van der Waals surface area contributed by atoms with Crippen LogP contribution in [0.2, 0.25) is 0 Å². The van der Waals surface area contributed by atoms with E-state index in [0.717, 1.165) is 25.9 Å². The summed E-state index contributed by atoms with van der Waals surface area (Å²) in [6, 6.07) is 0. The molecule has 2 aliphatic rings. The third-order valence-electron chi connectivity index (χ3n) is 4.46. The van der Waals surface area contributed by atoms with Crippen molar-refractivity contribution in [2.75, 3.05) is 26.2 Å². The molecule has 2 saturated heterocycles. The van der Waals surface area contributed by atoms with Crippen LogP contribution < -0.4 is 0 Å². The Balaban J connectivity index is 1.86. The largest absolute Gasteiger partial charge is 0.452 e. The molecule has 2 amide bonds. The van der Waals surface area contributed by atoms with Crippen LogP contribution in [0, 0.1) is 5.92 Å². The summed E-state index contributed by atoms with van der Waals surface area (Å²) < 4.78 is 10.8. The number of ether oxygens (including phenoxy) is 2. The molecule has 142 valence electrons. The molecule has 7 nitrogen and oxygen atoms in total. The molecule has 0 saturated carbocycles. The van der Waals surface area contributed by atoms with Crippen molar-refractivity contribution in [3.05, 3.63) is 0 Å². The summed E-state index contributed by atoms with van der Waals surface area (Å²) >= 11 is 0. The van der Waals surface area contributed by atoms with Gasteiger partial charge in [0.1, 0.15) is 5.60 Å². The highest BCUT2D eigenvalue weighted by atomic mass is 16.6. The standard InChI is InChI=1S/C18H30N2O5/c1-13(15(21)19-9-5-6-10-19)24-16(22)14-8-7-11-20(12-14)17(23)25-18(2,3)4/h13-14H,5-12H2,1-4H3. The number of piperidine rings is 1. The predicted octanol–water partition coefficient (Wildman–Crippen LogP) is 2.19. The Bertz CT molecular complexity index is 508. The van der Waals surface area contributed by atoms with Crippen molar-refractivity contribution in [1.82, 2.24) is 9.80 Å². The van der Waals surface area contributed by atoms with Gasteiger partial charge in [0.25, 0.3) is 5.91 Å². The molecule has 2 aliphatic heterocycles. The highest BCUT2D eigenvalue weighted by Crippen LogP contribution is 2.21. The smallest absolute Gasteiger partial charge is 0.410 e. The molecule has 0 spiro atoms. The zero-order chi connectivity index (χ0) is 18.6. The Morgan fingerprint density at radius 2 is 1.60 bits per heavy atom. The number of rotatable bonds is 3. The minimum atomic E-state index is -0.775. The lowest BCUT2D eigenvalue weighted by Crippen LogP contribution is -2.46. The van der Waals surface area contributed by atoms with Gasteiger partial charge in [-0.1, -0.05) is 0 Å². The van der Waals surface area contributed by atoms with Crippen molar-refractivity contribution in [2.45, 2.75) is 65.1 Å². The Morgan fingerprint density at radius 3 is 2.20 bits per heavy atom. The molecule has 0 aromatic heterocycles. The Labute approximate surface area is 149 Å². The van der Waals surface area contributed by atoms with E-state index in [4.69, 9.17) is 9.47 Å². The summed E-state index contributed by atoms with van der Waals surface area (Å²) in [5, 5.41) is 0. The molecular weight excluding hydrogens is 324 g/mol. The number of hydrogen-bond acceptors (Lipinski definition) is 5. The third-order valence-corrected chi connectivity index (χ3v) is 4.46. The topological polar surface area (TPSA) is 76.1 Å². The number of esters is 1. The van der Waals surface area contributed by atoms with Gasteiger partial charge in [0.05, 0.1) is 5.92 Å². The first-order chi connectivity index (χ1) is 11.7. The Morgan fingerprint density at radius 1 is 1.00 bits per heavy atom. The van der Waals surface area contributed by atoms with Gasteiger partial charge in [0, 0.05) is 26.2 Å². The maximum absolute atomic E-state index is 12.4. The second kappa shape index (κ2) is 8.06. The van der Waals surface area contributed by atoms with E-state index in [1.54, 1.807) is 16.7 Å². The molecule has 0 aromatic carbocycles. The molecule has 2 unspecified atom stereocenters. The second-order valence-corrected chi connectivity index (χ2v) is 7.88. The van der Waals surface area contributed by atoms with Crippen molar-refractivity contribution in [3.8, 4) is 0 Å². The highest BCUT2D eigenvalue weighted by molar-refractivity contribution is 5.84. The first-order valence-corrected chi connectivity index (χ1v) is 9.14. The van der Waals surface area contributed by atoms with Crippen LogP contribution in [0.3, 0.4) is 0 Å². The van der Waals surface area contributed by atoms with Crippen LogP contribution in [-0.4, -0.2) is 65.7 Å². The zero-order valence-corrected chi connectivity index (χ0v) is 15.7. The van der Waals surface area contributed by atoms with Crippen LogP contribution in [0.5, 0.6) is 0 Å². The van der Waals surface area contributed by atoms with Crippen molar-refractivity contribution in [2.24, 2.45) is 5.92 Å². The average Bonchev–Trinajstić information content (AvgIpc) is 3.07. The van der Waals surface area contributed by atoms with E-state index in [1.165, 1.54) is 0 Å². The van der Waals surface area contributed by atoms with Crippen molar-refractivity contribution < 1.29 is 23.9 Å². The summed E-state index contributed by atoms with van der Waals surface area (Å²) in [6.07, 6.45) is 2.18. The average molecular weight is 354 g/mol. The molecule has 2 heterocycles. The second-order valence-electron chi connectivity index (χ2n) is 7.88. The van der Waals surface area contributed by atoms with E-state index in [9.17, 15) is 14.4 Å². The van der Waals surface area contributed by atoms with E-state index in [2.05, 4.69) is 0 Å². The van der Waals surface area contributed by atoms with Crippen LogP contribution in [0.1, 0.15) is 53.4 Å². The van der Waals surface area contributed by atoms with Crippen LogP contribution >= 0.6 is 0 Å². The monoisotopic (exact) mass is 354 g/mol. The van der Waals surface area contributed by atoms with E-state index >= 15 is 0 Å². The molecule has 2 rings (SSSR count). The van der Waals surface area contributed by atoms with Crippen molar-refractivity contribution in [1.29, 1.82) is 0 Å². The van der Waals surface area contributed by atoms with E-state index in [1.807, 2.05) is 20.8 Å². The van der Waals surface area contributed by atoms with Crippen molar-refractivity contribution in [3.63, 3.8) is 0 Å². The van der Waals surface area contributed by atoms with E-state index < -0.39 is 29.7 Å². The van der Waals surface area contributed by atoms with Gasteiger partial charge in [-0.15, -0.1) is 0 Å². The first kappa shape index (κ1) is 19.5. The van der Waals surface area contributed by atoms with Gasteiger partial charge in [-0.05, 0) is 53.4 Å². The maximum atomic E-state index is 12.4. The Hall–Kier alpha value is -1.79. The lowest BCUT2D eigenvalue weighted by molar-refractivity contribution is -0.163. The normalized spacial score (nSPS) is 22.5. The molecular formula is C18H30N2O5. The molecule has 2 atom stereocenters. The lowest BCUT2D eigenvalue weighted by atomic mass is 9.98. The summed E-state index contributed by atoms with van der Waals surface area (Å²) in [5.74, 6) is -0.950. The molecule has 7 heteroatoms. The van der Waals surface area contributed by atoms with E-state index in [-0.39, 0.29) is 12.5 Å². The lowest BCUT2D eigenvalue weighted by Gasteiger charge is -2.33. The van der Waals surface area contributed by atoms with Gasteiger partial charge in [0.15, 0.2) is 6.10 Å². The third kappa shape index (κ3) is 5.61. The number of amides is 2. The summed E-state index contributed by atoms with van der Waals surface area (Å²) in [7, 11) is 0. The van der Waals surface area contributed by atoms with Crippen molar-refractivity contribution >= 4 is 18.0 Å². The number of nitrogens with zero attached hydrogens (tertiary/aromatic N) is 2. The van der Waals surface area contributed by atoms with Gasteiger partial charge in [-0.3, -0.25) is 9.59 Å². The molecule has 0 N–H and O–H groups in total. The van der Waals surface area contributed by atoms with Gasteiger partial charge in [-0.2, -0.15) is 0 Å². The number of hydrogen-bond donors (Lipinski definition) is 0. The quantitative estimate of drug-likeness (QED) is 0.726. The highest BCUT2D eigenvalue weighted by Gasteiger charge is 2.34. The molecule has 0 aromatic rings. The van der Waals surface area contributed by atoms with Crippen LogP contribution in [0.4, 0.5) is 4.79 Å². The van der Waals surface area contributed by atoms with Gasteiger partial charge >= 0.3 is 12.1 Å². The van der Waals surface area contributed by atoms with Crippen LogP contribution in [0.25, 0.3) is 0 Å². The van der Waals surface area contributed by atoms with Crippen LogP contribution in [-0.2, 0) is 19.1 Å². The molecule has 2 fully saturated rings. The molecule has 0 aliphatic carbocycles. The Kier molecular flexibility index (Phi) is 6.30. The fraction of sp³-hybridized carbons (Fsp3) is 0.833. The van der Waals surface area contributed by atoms with E-state index in [0.29, 0.717) is 19.4 Å². The summed E-state index contributed by atoms with van der Waals surface area (Å²) in [5.41, 5.74) is -0.568. The minimum absolute atomic E-state index is 0.134. The minimum Gasteiger partial charge on any atom is -0.452 e. The first-order valence-electron chi connectivity index (χ1n) is 9.14. The number of likely N-dealkylation sites (tertiary alicyclic amines) is 2.